The van der Waals surface area contributed by atoms with E-state index >= 15 is 0 Å². The summed E-state index contributed by atoms with van der Waals surface area (Å²) >= 11 is 0. The normalized spacial score (nSPS) is 12.1. The number of para-hydroxylation sites is 2. The average molecular weight is 808 g/mol. The van der Waals surface area contributed by atoms with Gasteiger partial charge in [-0.15, -0.1) is 0 Å². The van der Waals surface area contributed by atoms with Crippen molar-refractivity contribution in [2.75, 3.05) is 9.80 Å². The lowest BCUT2D eigenvalue weighted by molar-refractivity contribution is -0.138. The van der Waals surface area contributed by atoms with Crippen LogP contribution in [0.2, 0.25) is 0 Å². The lowest BCUT2D eigenvalue weighted by Gasteiger charge is -2.31. The van der Waals surface area contributed by atoms with Crippen molar-refractivity contribution < 1.29 is 39.5 Å². The molecule has 0 fully saturated rings. The van der Waals surface area contributed by atoms with Crippen LogP contribution in [0.3, 0.4) is 0 Å². The van der Waals surface area contributed by atoms with Crippen molar-refractivity contribution in [2.24, 2.45) is 0 Å². The second-order valence-corrected chi connectivity index (χ2v) is 13.5. The van der Waals surface area contributed by atoms with Crippen molar-refractivity contribution in [3.05, 3.63) is 215 Å². The molecule has 12 heteroatoms. The topological polar surface area (TPSA) is 30.3 Å². The first-order chi connectivity index (χ1) is 28.1. The summed E-state index contributed by atoms with van der Waals surface area (Å²) in [5, 5.41) is 11.1. The standard InChI is InChI=1S/C47H30F9N3/c48-45(49,50)35-19-17-32(18-20-35)44(31-57,33-21-25-40(26-22-33)58(38-11-3-1-4-12-38)42-15-7-9-36(29-42)46(51,52)53)34-23-27-41(28-24-34)59(39-13-5-2-6-14-39)43-16-8-10-37(30-43)47(54,55)56/h1-30H. The number of alkyl halides is 9. The number of hydrogen-bond donors (Lipinski definition) is 0. The van der Waals surface area contributed by atoms with E-state index in [-0.39, 0.29) is 16.9 Å². The number of hydrogen-bond acceptors (Lipinski definition) is 3. The van der Waals surface area contributed by atoms with E-state index in [1.807, 2.05) is 0 Å². The zero-order chi connectivity index (χ0) is 42.0. The van der Waals surface area contributed by atoms with Gasteiger partial charge in [0.2, 0.25) is 0 Å². The minimum atomic E-state index is -4.66. The van der Waals surface area contributed by atoms with E-state index in [0.717, 1.165) is 36.4 Å². The molecule has 0 aromatic heterocycles. The highest BCUT2D eigenvalue weighted by Crippen LogP contribution is 2.45. The molecule has 0 aliphatic carbocycles. The van der Waals surface area contributed by atoms with Gasteiger partial charge in [-0.05, 0) is 114 Å². The summed E-state index contributed by atoms with van der Waals surface area (Å²) in [6, 6.07) is 46.2. The van der Waals surface area contributed by atoms with E-state index in [0.29, 0.717) is 33.9 Å². The first-order valence-electron chi connectivity index (χ1n) is 17.9. The highest BCUT2D eigenvalue weighted by Gasteiger charge is 2.39. The lowest BCUT2D eigenvalue weighted by atomic mass is 9.70. The molecule has 59 heavy (non-hydrogen) atoms. The van der Waals surface area contributed by atoms with Gasteiger partial charge in [0.1, 0.15) is 5.41 Å². The number of benzene rings is 7. The zero-order valence-electron chi connectivity index (χ0n) is 30.6. The van der Waals surface area contributed by atoms with Gasteiger partial charge in [0.05, 0.1) is 22.8 Å². The van der Waals surface area contributed by atoms with Crippen LogP contribution in [0.15, 0.2) is 182 Å². The molecule has 0 bridgehead atoms. The number of rotatable bonds is 9. The minimum absolute atomic E-state index is 0.184. The third kappa shape index (κ3) is 8.23. The molecule has 0 unspecified atom stereocenters. The summed E-state index contributed by atoms with van der Waals surface area (Å²) in [6.45, 7) is 0. The number of nitrogens with zero attached hydrogens (tertiary/aromatic N) is 3. The van der Waals surface area contributed by atoms with E-state index in [9.17, 15) is 44.8 Å². The van der Waals surface area contributed by atoms with Gasteiger partial charge in [-0.1, -0.05) is 84.9 Å². The predicted molar refractivity (Wildman–Crippen MR) is 209 cm³/mol. The molecule has 0 N–H and O–H groups in total. The lowest BCUT2D eigenvalue weighted by Crippen LogP contribution is -2.28. The molecule has 296 valence electrons. The second kappa shape index (κ2) is 15.7. The van der Waals surface area contributed by atoms with Gasteiger partial charge >= 0.3 is 18.5 Å². The fourth-order valence-corrected chi connectivity index (χ4v) is 7.02. The van der Waals surface area contributed by atoms with Gasteiger partial charge in [0.15, 0.2) is 0 Å². The fourth-order valence-electron chi connectivity index (χ4n) is 7.02. The maximum Gasteiger partial charge on any atom is 0.416 e. The van der Waals surface area contributed by atoms with Crippen LogP contribution < -0.4 is 9.80 Å². The van der Waals surface area contributed by atoms with Crippen molar-refractivity contribution in [1.29, 1.82) is 5.26 Å². The molecule has 0 heterocycles. The van der Waals surface area contributed by atoms with Gasteiger partial charge in [0.25, 0.3) is 0 Å². The Morgan fingerprint density at radius 2 is 0.593 bits per heavy atom. The molecule has 3 nitrogen and oxygen atoms in total. The quantitative estimate of drug-likeness (QED) is 0.108. The molecule has 0 saturated carbocycles. The van der Waals surface area contributed by atoms with Gasteiger partial charge in [-0.25, -0.2) is 0 Å². The number of nitriles is 1. The maximum atomic E-state index is 13.8. The number of halogens is 9. The average Bonchev–Trinajstić information content (AvgIpc) is 3.23. The summed E-state index contributed by atoms with van der Waals surface area (Å²) in [5.41, 5.74) is -1.24. The van der Waals surface area contributed by atoms with Crippen LogP contribution in [0.25, 0.3) is 0 Å². The maximum absolute atomic E-state index is 13.8. The highest BCUT2D eigenvalue weighted by atomic mass is 19.4. The molecule has 0 amide bonds. The van der Waals surface area contributed by atoms with Gasteiger partial charge in [0, 0.05) is 34.1 Å². The molecule has 0 atom stereocenters. The molecule has 7 aromatic rings. The SMILES string of the molecule is N#CC(c1ccc(N(c2ccccc2)c2cccc(C(F)(F)F)c2)cc1)(c1ccc(N(c2ccccc2)c2cccc(C(F)(F)F)c2)cc1)c1ccc(C(F)(F)F)cc1. The monoisotopic (exact) mass is 807 g/mol. The van der Waals surface area contributed by atoms with Crippen LogP contribution in [0.1, 0.15) is 33.4 Å². The molecule has 7 aromatic carbocycles. The fraction of sp³-hybridized carbons (Fsp3) is 0.0851. The molecular weight excluding hydrogens is 778 g/mol. The number of anilines is 6. The molecule has 0 spiro atoms. The first kappa shape index (κ1) is 40.2. The Balaban J connectivity index is 1.37. The summed E-state index contributed by atoms with van der Waals surface area (Å²) < 4.78 is 124. The van der Waals surface area contributed by atoms with E-state index in [4.69, 9.17) is 0 Å². The van der Waals surface area contributed by atoms with Crippen molar-refractivity contribution in [2.45, 2.75) is 23.9 Å². The molecule has 0 saturated heterocycles. The molecule has 0 radical (unpaired) electrons. The van der Waals surface area contributed by atoms with Crippen LogP contribution in [0.5, 0.6) is 0 Å². The van der Waals surface area contributed by atoms with E-state index in [2.05, 4.69) is 6.07 Å². The molecular formula is C47H30F9N3. The predicted octanol–water partition coefficient (Wildman–Crippen LogP) is 14.5. The first-order valence-corrected chi connectivity index (χ1v) is 17.9. The van der Waals surface area contributed by atoms with Crippen molar-refractivity contribution in [1.82, 2.24) is 0 Å². The van der Waals surface area contributed by atoms with E-state index in [1.54, 1.807) is 119 Å². The van der Waals surface area contributed by atoms with E-state index in [1.165, 1.54) is 36.4 Å². The van der Waals surface area contributed by atoms with Crippen molar-refractivity contribution in [3.63, 3.8) is 0 Å². The zero-order valence-corrected chi connectivity index (χ0v) is 30.6. The Labute approximate surface area is 333 Å². The van der Waals surface area contributed by atoms with Gasteiger partial charge < -0.3 is 9.80 Å². The Bertz CT molecular complexity index is 2420. The smallest absolute Gasteiger partial charge is 0.310 e. The molecule has 0 aliphatic heterocycles. The van der Waals surface area contributed by atoms with Crippen LogP contribution in [0, 0.1) is 11.3 Å². The Hall–Kier alpha value is -7.00. The third-order valence-electron chi connectivity index (χ3n) is 9.82. The Kier molecular flexibility index (Phi) is 10.7. The van der Waals surface area contributed by atoms with Crippen LogP contribution >= 0.6 is 0 Å². The van der Waals surface area contributed by atoms with Gasteiger partial charge in [-0.2, -0.15) is 44.8 Å². The van der Waals surface area contributed by atoms with Gasteiger partial charge in [-0.3, -0.25) is 0 Å². The Morgan fingerprint density at radius 1 is 0.305 bits per heavy atom. The highest BCUT2D eigenvalue weighted by molar-refractivity contribution is 5.79. The minimum Gasteiger partial charge on any atom is -0.310 e. The molecule has 0 aliphatic rings. The Morgan fingerprint density at radius 3 is 0.915 bits per heavy atom. The largest absolute Gasteiger partial charge is 0.416 e. The van der Waals surface area contributed by atoms with Crippen molar-refractivity contribution in [3.8, 4) is 6.07 Å². The van der Waals surface area contributed by atoms with Crippen LogP contribution in [0.4, 0.5) is 73.6 Å². The summed E-state index contributed by atoms with van der Waals surface area (Å²) in [7, 11) is 0. The summed E-state index contributed by atoms with van der Waals surface area (Å²) in [4.78, 5) is 3.21. The summed E-state index contributed by atoms with van der Waals surface area (Å²) in [6.07, 6.45) is -13.9. The second-order valence-electron chi connectivity index (χ2n) is 13.5. The van der Waals surface area contributed by atoms with Crippen molar-refractivity contribution >= 4 is 34.1 Å². The van der Waals surface area contributed by atoms with Crippen LogP contribution in [-0.2, 0) is 23.9 Å². The third-order valence-corrected chi connectivity index (χ3v) is 9.82. The molecule has 7 rings (SSSR count). The summed E-state index contributed by atoms with van der Waals surface area (Å²) in [5.74, 6) is 0. The van der Waals surface area contributed by atoms with E-state index < -0.39 is 40.6 Å². The van der Waals surface area contributed by atoms with Crippen LogP contribution in [-0.4, -0.2) is 0 Å².